The molecule has 1 saturated heterocycles. The Balaban J connectivity index is 1.73. The van der Waals surface area contributed by atoms with Gasteiger partial charge in [0.05, 0.1) is 18.6 Å². The molecule has 1 aliphatic heterocycles. The Morgan fingerprint density at radius 3 is 2.50 bits per heavy atom. The molecule has 26 heavy (non-hydrogen) atoms. The summed E-state index contributed by atoms with van der Waals surface area (Å²) in [4.78, 5) is 13.9. The molecular formula is C19H22N2O4S. The minimum atomic E-state index is -3.03. The van der Waals surface area contributed by atoms with Crippen LogP contribution in [0.2, 0.25) is 0 Å². The van der Waals surface area contributed by atoms with Gasteiger partial charge in [0.1, 0.15) is 5.75 Å². The van der Waals surface area contributed by atoms with E-state index in [-0.39, 0.29) is 23.6 Å². The van der Waals surface area contributed by atoms with Crippen LogP contribution >= 0.6 is 0 Å². The van der Waals surface area contributed by atoms with Crippen LogP contribution in [0.3, 0.4) is 0 Å². The lowest BCUT2D eigenvalue weighted by Crippen LogP contribution is -2.40. The summed E-state index contributed by atoms with van der Waals surface area (Å²) in [6, 6.07) is 14.6. The number of methoxy groups -OCH3 is 1. The highest BCUT2D eigenvalue weighted by molar-refractivity contribution is 7.91. The van der Waals surface area contributed by atoms with Crippen molar-refractivity contribution in [1.29, 1.82) is 0 Å². The number of hydrogen-bond donors (Lipinski definition) is 1. The Labute approximate surface area is 153 Å². The van der Waals surface area contributed by atoms with E-state index >= 15 is 0 Å². The van der Waals surface area contributed by atoms with Crippen molar-refractivity contribution < 1.29 is 17.9 Å². The third-order valence-corrected chi connectivity index (χ3v) is 6.34. The van der Waals surface area contributed by atoms with Crippen molar-refractivity contribution in [2.24, 2.45) is 0 Å². The maximum atomic E-state index is 12.5. The zero-order valence-electron chi connectivity index (χ0n) is 14.8. The van der Waals surface area contributed by atoms with E-state index in [9.17, 15) is 13.2 Å². The number of hydrogen-bond acceptors (Lipinski definition) is 4. The van der Waals surface area contributed by atoms with Crippen molar-refractivity contribution in [3.8, 4) is 16.9 Å². The fourth-order valence-corrected chi connectivity index (χ4v) is 4.81. The molecular weight excluding hydrogens is 352 g/mol. The second kappa shape index (κ2) is 7.37. The highest BCUT2D eigenvalue weighted by Crippen LogP contribution is 2.26. The second-order valence-corrected chi connectivity index (χ2v) is 8.64. The van der Waals surface area contributed by atoms with Gasteiger partial charge in [-0.1, -0.05) is 24.3 Å². The average molecular weight is 374 g/mol. The van der Waals surface area contributed by atoms with Crippen molar-refractivity contribution in [1.82, 2.24) is 4.90 Å². The van der Waals surface area contributed by atoms with Crippen molar-refractivity contribution in [3.63, 3.8) is 0 Å². The predicted molar refractivity (Wildman–Crippen MR) is 102 cm³/mol. The van der Waals surface area contributed by atoms with E-state index in [4.69, 9.17) is 4.74 Å². The topological polar surface area (TPSA) is 75.7 Å². The standard InChI is InChI=1S/C19H22N2O4S/c1-21(17-9-10-26(23,24)13-17)19(22)20-16-7-3-5-14(11-16)15-6-4-8-18(12-15)25-2/h3-8,11-12,17H,9-10,13H2,1-2H3,(H,20,22). The van der Waals surface area contributed by atoms with Gasteiger partial charge in [-0.2, -0.15) is 0 Å². The number of sulfone groups is 1. The van der Waals surface area contributed by atoms with Crippen LogP contribution in [-0.2, 0) is 9.84 Å². The van der Waals surface area contributed by atoms with Gasteiger partial charge in [0.2, 0.25) is 0 Å². The smallest absolute Gasteiger partial charge is 0.321 e. The molecule has 3 rings (SSSR count). The predicted octanol–water partition coefficient (Wildman–Crippen LogP) is 3.01. The number of amides is 2. The number of ether oxygens (including phenoxy) is 1. The Morgan fingerprint density at radius 2 is 1.85 bits per heavy atom. The number of nitrogens with zero attached hydrogens (tertiary/aromatic N) is 1. The van der Waals surface area contributed by atoms with Crippen molar-refractivity contribution in [2.45, 2.75) is 12.5 Å². The van der Waals surface area contributed by atoms with Gasteiger partial charge in [0.15, 0.2) is 9.84 Å². The van der Waals surface area contributed by atoms with E-state index in [1.165, 1.54) is 4.90 Å². The van der Waals surface area contributed by atoms with E-state index in [0.717, 1.165) is 16.9 Å². The number of carbonyl (C=O) groups excluding carboxylic acids is 1. The normalized spacial score (nSPS) is 18.3. The highest BCUT2D eigenvalue weighted by Gasteiger charge is 2.32. The number of urea groups is 1. The number of carbonyl (C=O) groups is 1. The van der Waals surface area contributed by atoms with Crippen LogP contribution in [0, 0.1) is 0 Å². The quantitative estimate of drug-likeness (QED) is 0.893. The molecule has 2 aromatic carbocycles. The molecule has 0 radical (unpaired) electrons. The molecule has 7 heteroatoms. The summed E-state index contributed by atoms with van der Waals surface area (Å²) in [7, 11) is 0.222. The summed E-state index contributed by atoms with van der Waals surface area (Å²) in [5.41, 5.74) is 2.59. The van der Waals surface area contributed by atoms with Gasteiger partial charge >= 0.3 is 6.03 Å². The van der Waals surface area contributed by atoms with Crippen molar-refractivity contribution in [3.05, 3.63) is 48.5 Å². The van der Waals surface area contributed by atoms with Crippen LogP contribution < -0.4 is 10.1 Å². The second-order valence-electron chi connectivity index (χ2n) is 6.41. The SMILES string of the molecule is COc1cccc(-c2cccc(NC(=O)N(C)C3CCS(=O)(=O)C3)c2)c1. The first-order valence-electron chi connectivity index (χ1n) is 8.37. The lowest BCUT2D eigenvalue weighted by Gasteiger charge is -2.23. The molecule has 0 aliphatic carbocycles. The van der Waals surface area contributed by atoms with E-state index in [2.05, 4.69) is 5.32 Å². The molecule has 6 nitrogen and oxygen atoms in total. The van der Waals surface area contributed by atoms with Crippen LogP contribution in [0.25, 0.3) is 11.1 Å². The molecule has 1 heterocycles. The maximum Gasteiger partial charge on any atom is 0.321 e. The van der Waals surface area contributed by atoms with Gasteiger partial charge in [-0.3, -0.25) is 0 Å². The van der Waals surface area contributed by atoms with E-state index in [1.807, 2.05) is 42.5 Å². The molecule has 138 valence electrons. The molecule has 0 spiro atoms. The van der Waals surface area contributed by atoms with Gasteiger partial charge in [-0.05, 0) is 41.8 Å². The van der Waals surface area contributed by atoms with E-state index < -0.39 is 9.84 Å². The summed E-state index contributed by atoms with van der Waals surface area (Å²) >= 11 is 0. The minimum Gasteiger partial charge on any atom is -0.497 e. The molecule has 1 aliphatic rings. The molecule has 1 unspecified atom stereocenters. The van der Waals surface area contributed by atoms with E-state index in [1.54, 1.807) is 20.2 Å². The first-order valence-corrected chi connectivity index (χ1v) is 10.2. The first kappa shape index (κ1) is 18.3. The Kier molecular flexibility index (Phi) is 5.18. The zero-order valence-corrected chi connectivity index (χ0v) is 15.6. The fourth-order valence-electron chi connectivity index (χ4n) is 3.04. The summed E-state index contributed by atoms with van der Waals surface area (Å²) in [5, 5.41) is 2.85. The summed E-state index contributed by atoms with van der Waals surface area (Å²) in [6.07, 6.45) is 0.482. The number of nitrogens with one attached hydrogen (secondary N) is 1. The Bertz CT molecular complexity index is 911. The molecule has 0 aromatic heterocycles. The van der Waals surface area contributed by atoms with Gasteiger partial charge in [0.25, 0.3) is 0 Å². The van der Waals surface area contributed by atoms with Crippen molar-refractivity contribution in [2.75, 3.05) is 31.0 Å². The van der Waals surface area contributed by atoms with Crippen molar-refractivity contribution >= 4 is 21.6 Å². The molecule has 2 aromatic rings. The van der Waals surface area contributed by atoms with Crippen LogP contribution in [0.1, 0.15) is 6.42 Å². The fraction of sp³-hybridized carbons (Fsp3) is 0.316. The third kappa shape index (κ3) is 4.16. The summed E-state index contributed by atoms with van der Waals surface area (Å²) in [5.74, 6) is 0.931. The molecule has 1 N–H and O–H groups in total. The minimum absolute atomic E-state index is 0.0285. The summed E-state index contributed by atoms with van der Waals surface area (Å²) < 4.78 is 28.5. The molecule has 0 saturated carbocycles. The van der Waals surface area contributed by atoms with Gasteiger partial charge in [0, 0.05) is 18.8 Å². The number of anilines is 1. The zero-order chi connectivity index (χ0) is 18.7. The first-order chi connectivity index (χ1) is 12.4. The maximum absolute atomic E-state index is 12.5. The summed E-state index contributed by atoms with van der Waals surface area (Å²) in [6.45, 7) is 0. The van der Waals surface area contributed by atoms with Gasteiger partial charge in [-0.25, -0.2) is 13.2 Å². The molecule has 2 amide bonds. The van der Waals surface area contributed by atoms with E-state index in [0.29, 0.717) is 12.1 Å². The van der Waals surface area contributed by atoms with Crippen LogP contribution in [-0.4, -0.2) is 51.1 Å². The van der Waals surface area contributed by atoms with Crippen LogP contribution in [0.15, 0.2) is 48.5 Å². The Hall–Kier alpha value is -2.54. The largest absolute Gasteiger partial charge is 0.497 e. The average Bonchev–Trinajstić information content (AvgIpc) is 3.01. The van der Waals surface area contributed by atoms with Gasteiger partial charge in [-0.15, -0.1) is 0 Å². The highest BCUT2D eigenvalue weighted by atomic mass is 32.2. The number of benzene rings is 2. The molecule has 1 fully saturated rings. The number of rotatable bonds is 4. The van der Waals surface area contributed by atoms with Crippen LogP contribution in [0.5, 0.6) is 5.75 Å². The Morgan fingerprint density at radius 1 is 1.15 bits per heavy atom. The third-order valence-electron chi connectivity index (χ3n) is 4.59. The lowest BCUT2D eigenvalue weighted by atomic mass is 10.0. The van der Waals surface area contributed by atoms with Crippen LogP contribution in [0.4, 0.5) is 10.5 Å². The molecule has 0 bridgehead atoms. The molecule has 1 atom stereocenters. The monoisotopic (exact) mass is 374 g/mol. The van der Waals surface area contributed by atoms with Gasteiger partial charge < -0.3 is 15.0 Å². The lowest BCUT2D eigenvalue weighted by molar-refractivity contribution is 0.209.